The van der Waals surface area contributed by atoms with Gasteiger partial charge in [-0.05, 0) is 0 Å². The van der Waals surface area contributed by atoms with E-state index in [-0.39, 0.29) is 0 Å². The first-order valence-electron chi connectivity index (χ1n) is 7.20. The summed E-state index contributed by atoms with van der Waals surface area (Å²) in [6.45, 7) is 0. The van der Waals surface area contributed by atoms with E-state index in [1.165, 1.54) is 36.8 Å². The van der Waals surface area contributed by atoms with Crippen molar-refractivity contribution in [1.82, 2.24) is 0 Å². The maximum atomic E-state index is 2.32. The van der Waals surface area contributed by atoms with Gasteiger partial charge < -0.3 is 0 Å². The van der Waals surface area contributed by atoms with E-state index in [2.05, 4.69) is 60.7 Å². The summed E-state index contributed by atoms with van der Waals surface area (Å²) in [5, 5.41) is 0. The Bertz CT molecular complexity index is 520. The van der Waals surface area contributed by atoms with Gasteiger partial charge in [0.1, 0.15) is 0 Å². The summed E-state index contributed by atoms with van der Waals surface area (Å²) < 4.78 is 0.355. The van der Waals surface area contributed by atoms with Crippen molar-refractivity contribution in [3.05, 3.63) is 71.8 Å². The molecular formula is C18H21As. The van der Waals surface area contributed by atoms with Gasteiger partial charge in [0.2, 0.25) is 0 Å². The quantitative estimate of drug-likeness (QED) is 0.739. The molecule has 0 aliphatic heterocycles. The molecule has 1 aliphatic carbocycles. The predicted octanol–water partition coefficient (Wildman–Crippen LogP) is 3.87. The van der Waals surface area contributed by atoms with Crippen LogP contribution in [-0.2, 0) is 4.20 Å². The number of hydrogen-bond acceptors (Lipinski definition) is 0. The fourth-order valence-corrected chi connectivity index (χ4v) is 5.03. The third-order valence-electron chi connectivity index (χ3n) is 4.47. The second-order valence-corrected chi connectivity index (χ2v) is 7.78. The molecule has 2 aromatic rings. The molecule has 19 heavy (non-hydrogen) atoms. The van der Waals surface area contributed by atoms with Crippen LogP contribution in [0.25, 0.3) is 0 Å². The van der Waals surface area contributed by atoms with Crippen LogP contribution in [-0.4, -0.2) is 16.9 Å². The minimum absolute atomic E-state index is 0.355. The molecule has 0 heterocycles. The molecule has 98 valence electrons. The fourth-order valence-electron chi connectivity index (χ4n) is 3.44. The summed E-state index contributed by atoms with van der Waals surface area (Å²) in [6.07, 6.45) is 5.41. The van der Waals surface area contributed by atoms with Crippen LogP contribution in [0.1, 0.15) is 42.7 Å². The Kier molecular flexibility index (Phi) is 3.80. The standard InChI is InChI=1S/C18H21As/c19-18(16-11-5-2-6-12-16)14-8-7-13-17(18)15-9-3-1-4-10-15/h1-6,9-12,17H,7-8,13-14,19H2. The van der Waals surface area contributed by atoms with E-state index in [0.717, 1.165) is 0 Å². The van der Waals surface area contributed by atoms with E-state index in [1.807, 2.05) is 16.9 Å². The van der Waals surface area contributed by atoms with Crippen LogP contribution in [0.2, 0.25) is 0 Å². The van der Waals surface area contributed by atoms with Gasteiger partial charge >= 0.3 is 124 Å². The second-order valence-electron chi connectivity index (χ2n) is 5.62. The summed E-state index contributed by atoms with van der Waals surface area (Å²) in [5.41, 5.74) is 3.05. The molecule has 0 saturated heterocycles. The molecule has 0 N–H and O–H groups in total. The molecule has 3 unspecified atom stereocenters. The molecule has 0 bridgehead atoms. The van der Waals surface area contributed by atoms with Crippen molar-refractivity contribution in [1.29, 1.82) is 0 Å². The summed E-state index contributed by atoms with van der Waals surface area (Å²) >= 11 is 1.91. The van der Waals surface area contributed by atoms with Crippen LogP contribution in [0.3, 0.4) is 0 Å². The van der Waals surface area contributed by atoms with Gasteiger partial charge in [-0.2, -0.15) is 0 Å². The van der Waals surface area contributed by atoms with Crippen molar-refractivity contribution in [3.8, 4) is 0 Å². The Morgan fingerprint density at radius 1 is 0.842 bits per heavy atom. The minimum atomic E-state index is 0.355. The Morgan fingerprint density at radius 2 is 1.47 bits per heavy atom. The van der Waals surface area contributed by atoms with Gasteiger partial charge in [-0.3, -0.25) is 0 Å². The molecule has 0 spiro atoms. The summed E-state index contributed by atoms with van der Waals surface area (Å²) in [6, 6.07) is 22.3. The second kappa shape index (κ2) is 5.55. The van der Waals surface area contributed by atoms with Crippen LogP contribution < -0.4 is 0 Å². The van der Waals surface area contributed by atoms with Gasteiger partial charge in [0, 0.05) is 0 Å². The van der Waals surface area contributed by atoms with Gasteiger partial charge in [-0.25, -0.2) is 0 Å². The molecule has 1 saturated carbocycles. The van der Waals surface area contributed by atoms with E-state index < -0.39 is 0 Å². The van der Waals surface area contributed by atoms with E-state index in [0.29, 0.717) is 10.1 Å². The van der Waals surface area contributed by atoms with Crippen molar-refractivity contribution in [2.24, 2.45) is 0 Å². The summed E-state index contributed by atoms with van der Waals surface area (Å²) in [5.74, 6) is 0.685. The maximum absolute atomic E-state index is 2.32. The van der Waals surface area contributed by atoms with Crippen molar-refractivity contribution >= 4 is 16.9 Å². The topological polar surface area (TPSA) is 0 Å². The molecule has 0 nitrogen and oxygen atoms in total. The molecule has 3 rings (SSSR count). The Morgan fingerprint density at radius 3 is 2.16 bits per heavy atom. The van der Waals surface area contributed by atoms with Crippen LogP contribution in [0, 0.1) is 0 Å². The van der Waals surface area contributed by atoms with E-state index in [9.17, 15) is 0 Å². The first-order chi connectivity index (χ1) is 9.31. The zero-order chi connectivity index (χ0) is 13.1. The molecule has 3 atom stereocenters. The summed E-state index contributed by atoms with van der Waals surface area (Å²) in [7, 11) is 0. The van der Waals surface area contributed by atoms with E-state index >= 15 is 0 Å². The Balaban J connectivity index is 2.02. The number of hydrogen-bond donors (Lipinski definition) is 0. The van der Waals surface area contributed by atoms with Gasteiger partial charge in [-0.15, -0.1) is 0 Å². The Labute approximate surface area is 124 Å². The monoisotopic (exact) mass is 312 g/mol. The first-order valence-corrected chi connectivity index (χ1v) is 8.41. The van der Waals surface area contributed by atoms with Gasteiger partial charge in [-0.1, -0.05) is 0 Å². The van der Waals surface area contributed by atoms with Crippen LogP contribution >= 0.6 is 0 Å². The van der Waals surface area contributed by atoms with Gasteiger partial charge in [0.05, 0.1) is 0 Å². The molecule has 0 amide bonds. The molecule has 0 radical (unpaired) electrons. The summed E-state index contributed by atoms with van der Waals surface area (Å²) in [4.78, 5) is 0. The number of rotatable bonds is 2. The van der Waals surface area contributed by atoms with Crippen molar-refractivity contribution in [3.63, 3.8) is 0 Å². The Hall–Kier alpha value is -1.00. The van der Waals surface area contributed by atoms with Crippen LogP contribution in [0.5, 0.6) is 0 Å². The molecule has 1 heteroatoms. The normalized spacial score (nSPS) is 27.1. The third kappa shape index (κ3) is 2.51. The van der Waals surface area contributed by atoms with E-state index in [4.69, 9.17) is 0 Å². The van der Waals surface area contributed by atoms with Gasteiger partial charge in [0.15, 0.2) is 0 Å². The zero-order valence-corrected chi connectivity index (χ0v) is 13.7. The van der Waals surface area contributed by atoms with Crippen molar-refractivity contribution < 1.29 is 0 Å². The first kappa shape index (κ1) is 13.0. The van der Waals surface area contributed by atoms with E-state index in [1.54, 1.807) is 0 Å². The van der Waals surface area contributed by atoms with Crippen LogP contribution in [0.15, 0.2) is 60.7 Å². The van der Waals surface area contributed by atoms with Gasteiger partial charge in [0.25, 0.3) is 0 Å². The molecule has 1 aliphatic rings. The molecule has 0 aromatic heterocycles. The SMILES string of the molecule is [AsH2]C1(c2ccccc2)CCCCC1c1ccccc1. The fraction of sp³-hybridized carbons (Fsp3) is 0.333. The van der Waals surface area contributed by atoms with Crippen molar-refractivity contribution in [2.75, 3.05) is 0 Å². The average molecular weight is 312 g/mol. The average Bonchev–Trinajstić information content (AvgIpc) is 2.49. The molecule has 2 aromatic carbocycles. The van der Waals surface area contributed by atoms with Crippen molar-refractivity contribution in [2.45, 2.75) is 35.8 Å². The van der Waals surface area contributed by atoms with Crippen LogP contribution in [0.4, 0.5) is 0 Å². The molecular weight excluding hydrogens is 291 g/mol. The zero-order valence-electron chi connectivity index (χ0n) is 11.3. The number of benzene rings is 2. The predicted molar refractivity (Wildman–Crippen MR) is 84.3 cm³/mol. The molecule has 1 fully saturated rings. The third-order valence-corrected chi connectivity index (χ3v) is 6.62.